The molecular weight excluding hydrogens is 364 g/mol. The van der Waals surface area contributed by atoms with E-state index < -0.39 is 0 Å². The Hall–Kier alpha value is -1.34. The molecule has 166 valence electrons. The molecule has 2 saturated carbocycles. The van der Waals surface area contributed by atoms with E-state index in [-0.39, 0.29) is 0 Å². The second-order valence-electron chi connectivity index (χ2n) is 9.73. The minimum absolute atomic E-state index is 0.737. The second kappa shape index (κ2) is 13.2. The van der Waals surface area contributed by atoms with E-state index in [9.17, 15) is 0 Å². The van der Waals surface area contributed by atoms with E-state index in [1.165, 1.54) is 69.8 Å². The Morgan fingerprint density at radius 2 is 1.57 bits per heavy atom. The van der Waals surface area contributed by atoms with Gasteiger partial charge in [-0.2, -0.15) is 0 Å². The summed E-state index contributed by atoms with van der Waals surface area (Å²) >= 11 is 0. The fourth-order valence-corrected chi connectivity index (χ4v) is 5.59. The molecule has 0 atom stereocenters. The van der Waals surface area contributed by atoms with Crippen LogP contribution in [0, 0.1) is 17.8 Å². The van der Waals surface area contributed by atoms with Crippen molar-refractivity contribution in [1.29, 1.82) is 0 Å². The molecule has 0 N–H and O–H groups in total. The number of hydrogen-bond acceptors (Lipinski definition) is 1. The Labute approximate surface area is 186 Å². The van der Waals surface area contributed by atoms with Crippen LogP contribution in [0.5, 0.6) is 0 Å². The molecule has 3 rings (SSSR count). The van der Waals surface area contributed by atoms with Crippen LogP contribution in [0.1, 0.15) is 101 Å². The molecule has 0 spiro atoms. The Morgan fingerprint density at radius 3 is 2.20 bits per heavy atom. The first kappa shape index (κ1) is 23.3. The van der Waals surface area contributed by atoms with Crippen LogP contribution in [0.2, 0.25) is 0 Å². The lowest BCUT2D eigenvalue weighted by molar-refractivity contribution is 0.119. The van der Waals surface area contributed by atoms with Crippen molar-refractivity contribution >= 4 is 0 Å². The summed E-state index contributed by atoms with van der Waals surface area (Å²) in [4.78, 5) is 0. The molecule has 0 radical (unpaired) electrons. The van der Waals surface area contributed by atoms with Crippen LogP contribution in [0.25, 0.3) is 0 Å². The van der Waals surface area contributed by atoms with E-state index >= 15 is 0 Å². The Morgan fingerprint density at radius 1 is 0.900 bits per heavy atom. The fourth-order valence-electron chi connectivity index (χ4n) is 5.59. The molecule has 2 fully saturated rings. The fraction of sp³-hybridized carbons (Fsp3) is 0.655. The first-order valence-corrected chi connectivity index (χ1v) is 12.7. The normalized spacial score (nSPS) is 27.4. The van der Waals surface area contributed by atoms with Gasteiger partial charge < -0.3 is 4.74 Å². The summed E-state index contributed by atoms with van der Waals surface area (Å²) in [6, 6.07) is 9.28. The van der Waals surface area contributed by atoms with Crippen molar-refractivity contribution in [3.8, 4) is 0 Å². The van der Waals surface area contributed by atoms with Gasteiger partial charge in [0, 0.05) is 6.61 Å². The zero-order valence-electron chi connectivity index (χ0n) is 19.4. The van der Waals surface area contributed by atoms with Crippen LogP contribution >= 0.6 is 0 Å². The summed E-state index contributed by atoms with van der Waals surface area (Å²) in [7, 11) is 0. The molecule has 0 heterocycles. The van der Waals surface area contributed by atoms with E-state index in [1.54, 1.807) is 5.56 Å². The molecule has 2 aliphatic carbocycles. The lowest BCUT2D eigenvalue weighted by atomic mass is 9.68. The number of hydrogen-bond donors (Lipinski definition) is 0. The molecule has 1 aromatic rings. The number of ether oxygens (including phenoxy) is 1. The predicted octanol–water partition coefficient (Wildman–Crippen LogP) is 8.61. The van der Waals surface area contributed by atoms with Crippen LogP contribution < -0.4 is 0 Å². The maximum atomic E-state index is 5.77. The Kier molecular flexibility index (Phi) is 10.2. The second-order valence-corrected chi connectivity index (χ2v) is 9.73. The zero-order chi connectivity index (χ0) is 21.0. The minimum atomic E-state index is 0.737. The summed E-state index contributed by atoms with van der Waals surface area (Å²) in [6.45, 7) is 7.59. The van der Waals surface area contributed by atoms with Gasteiger partial charge in [-0.05, 0) is 105 Å². The summed E-state index contributed by atoms with van der Waals surface area (Å²) in [5, 5.41) is 0. The highest BCUT2D eigenvalue weighted by Gasteiger charge is 2.30. The summed E-state index contributed by atoms with van der Waals surface area (Å²) in [6.07, 6.45) is 23.0. The summed E-state index contributed by atoms with van der Waals surface area (Å²) in [5.41, 5.74) is 2.85. The average Bonchev–Trinajstić information content (AvgIpc) is 2.80. The first-order chi connectivity index (χ1) is 14.8. The molecule has 0 unspecified atom stereocenters. The van der Waals surface area contributed by atoms with E-state index in [0.717, 1.165) is 49.7 Å². The topological polar surface area (TPSA) is 9.23 Å². The third kappa shape index (κ3) is 7.41. The van der Waals surface area contributed by atoms with Crippen molar-refractivity contribution in [1.82, 2.24) is 0 Å². The molecule has 0 bridgehead atoms. The van der Waals surface area contributed by atoms with Crippen LogP contribution in [0.4, 0.5) is 0 Å². The molecule has 2 aliphatic rings. The molecular formula is C29H44O. The molecule has 0 aromatic heterocycles. The standard InChI is InChI=1S/C29H44O/c1-3-5-7-9-24-10-14-26(15-11-24)28-18-20-29(21-19-28)27-16-12-25(13-17-27)23-30-22-8-6-4-2/h4,7,9,12-13,16-17,24,26,28-29H,2-3,5-6,8,10-11,14-15,18-23H2,1H3/b9-7+. The predicted molar refractivity (Wildman–Crippen MR) is 130 cm³/mol. The van der Waals surface area contributed by atoms with Crippen LogP contribution in [-0.2, 0) is 11.3 Å². The van der Waals surface area contributed by atoms with Gasteiger partial charge in [0.2, 0.25) is 0 Å². The van der Waals surface area contributed by atoms with Crippen LogP contribution in [0.3, 0.4) is 0 Å². The highest BCUT2D eigenvalue weighted by atomic mass is 16.5. The van der Waals surface area contributed by atoms with Gasteiger partial charge in [0.05, 0.1) is 6.61 Å². The van der Waals surface area contributed by atoms with Gasteiger partial charge in [-0.1, -0.05) is 55.8 Å². The molecule has 1 aromatic carbocycles. The molecule has 1 heteroatoms. The van der Waals surface area contributed by atoms with Crippen molar-refractivity contribution in [3.63, 3.8) is 0 Å². The van der Waals surface area contributed by atoms with Gasteiger partial charge in [-0.3, -0.25) is 0 Å². The average molecular weight is 409 g/mol. The van der Waals surface area contributed by atoms with Gasteiger partial charge >= 0.3 is 0 Å². The smallest absolute Gasteiger partial charge is 0.0716 e. The molecule has 1 nitrogen and oxygen atoms in total. The number of benzene rings is 1. The summed E-state index contributed by atoms with van der Waals surface area (Å²) < 4.78 is 5.77. The van der Waals surface area contributed by atoms with Gasteiger partial charge in [-0.25, -0.2) is 0 Å². The highest BCUT2D eigenvalue weighted by molar-refractivity contribution is 5.25. The lowest BCUT2D eigenvalue weighted by Crippen LogP contribution is -2.25. The van der Waals surface area contributed by atoms with Gasteiger partial charge in [0.25, 0.3) is 0 Å². The molecule has 0 amide bonds. The van der Waals surface area contributed by atoms with Crippen LogP contribution in [0.15, 0.2) is 49.1 Å². The SMILES string of the molecule is C=CCCCOCc1ccc(C2CCC(C3CCC(/C=C/CCC)CC3)CC2)cc1. The van der Waals surface area contributed by atoms with Crippen molar-refractivity contribution in [2.24, 2.45) is 17.8 Å². The lowest BCUT2D eigenvalue weighted by Gasteiger charge is -2.37. The molecule has 0 saturated heterocycles. The van der Waals surface area contributed by atoms with Crippen molar-refractivity contribution in [2.75, 3.05) is 6.61 Å². The van der Waals surface area contributed by atoms with Crippen molar-refractivity contribution in [2.45, 2.75) is 96.5 Å². The van der Waals surface area contributed by atoms with E-state index in [2.05, 4.69) is 49.9 Å². The minimum Gasteiger partial charge on any atom is -0.377 e. The molecule has 30 heavy (non-hydrogen) atoms. The molecule has 0 aliphatic heterocycles. The monoisotopic (exact) mass is 408 g/mol. The maximum Gasteiger partial charge on any atom is 0.0716 e. The highest BCUT2D eigenvalue weighted by Crippen LogP contribution is 2.44. The quantitative estimate of drug-likeness (QED) is 0.263. The Bertz CT molecular complexity index is 612. The zero-order valence-corrected chi connectivity index (χ0v) is 19.4. The van der Waals surface area contributed by atoms with E-state index in [4.69, 9.17) is 4.74 Å². The van der Waals surface area contributed by atoms with Gasteiger partial charge in [0.15, 0.2) is 0 Å². The van der Waals surface area contributed by atoms with E-state index in [0.29, 0.717) is 0 Å². The first-order valence-electron chi connectivity index (χ1n) is 12.7. The van der Waals surface area contributed by atoms with Gasteiger partial charge in [0.1, 0.15) is 0 Å². The third-order valence-corrected chi connectivity index (χ3v) is 7.54. The Balaban J connectivity index is 1.36. The van der Waals surface area contributed by atoms with Crippen LogP contribution in [-0.4, -0.2) is 6.61 Å². The third-order valence-electron chi connectivity index (χ3n) is 7.54. The summed E-state index contributed by atoms with van der Waals surface area (Å²) in [5.74, 6) is 3.64. The largest absolute Gasteiger partial charge is 0.377 e. The maximum absolute atomic E-state index is 5.77. The van der Waals surface area contributed by atoms with Gasteiger partial charge in [-0.15, -0.1) is 6.58 Å². The number of rotatable bonds is 11. The number of allylic oxidation sites excluding steroid dienone is 3. The number of unbranched alkanes of at least 4 members (excludes halogenated alkanes) is 2. The van der Waals surface area contributed by atoms with E-state index in [1.807, 2.05) is 6.08 Å². The van der Waals surface area contributed by atoms with Crippen molar-refractivity contribution < 1.29 is 4.74 Å². The van der Waals surface area contributed by atoms with Crippen molar-refractivity contribution in [3.05, 3.63) is 60.2 Å².